The first-order valence-electron chi connectivity index (χ1n) is 8.86. The number of ether oxygens (including phenoxy) is 1. The summed E-state index contributed by atoms with van der Waals surface area (Å²) in [6.07, 6.45) is 1.51. The van der Waals surface area contributed by atoms with E-state index in [2.05, 4.69) is 26.0 Å². The summed E-state index contributed by atoms with van der Waals surface area (Å²) in [6, 6.07) is 8.11. The van der Waals surface area contributed by atoms with Crippen LogP contribution in [0.2, 0.25) is 0 Å². The van der Waals surface area contributed by atoms with Crippen molar-refractivity contribution in [1.82, 2.24) is 4.90 Å². The van der Waals surface area contributed by atoms with Gasteiger partial charge in [-0.3, -0.25) is 9.59 Å². The standard InChI is InChI=1S/C19H26N2O3/c1-14(2)15-5-3-6-16(13-15)21-8-4-7-17(19(21)23)18(22)20-9-11-24-12-10-20/h3,5-6,13-14,17H,4,7-12H2,1-2H3. The molecule has 2 amide bonds. The maximum Gasteiger partial charge on any atom is 0.239 e. The lowest BCUT2D eigenvalue weighted by Gasteiger charge is -2.35. The molecule has 0 N–H and O–H groups in total. The Kier molecular flexibility index (Phi) is 5.19. The molecule has 5 heteroatoms. The molecule has 5 nitrogen and oxygen atoms in total. The highest BCUT2D eigenvalue weighted by atomic mass is 16.5. The summed E-state index contributed by atoms with van der Waals surface area (Å²) in [4.78, 5) is 29.2. The first-order valence-corrected chi connectivity index (χ1v) is 8.86. The Morgan fingerprint density at radius 3 is 2.67 bits per heavy atom. The van der Waals surface area contributed by atoms with E-state index in [1.165, 1.54) is 5.56 Å². The van der Waals surface area contributed by atoms with Gasteiger partial charge in [0.1, 0.15) is 5.92 Å². The van der Waals surface area contributed by atoms with Crippen molar-refractivity contribution in [2.24, 2.45) is 5.92 Å². The fraction of sp³-hybridized carbons (Fsp3) is 0.579. The quantitative estimate of drug-likeness (QED) is 0.800. The van der Waals surface area contributed by atoms with Crippen molar-refractivity contribution < 1.29 is 14.3 Å². The number of benzene rings is 1. The van der Waals surface area contributed by atoms with Gasteiger partial charge in [-0.25, -0.2) is 0 Å². The molecule has 1 atom stereocenters. The Morgan fingerprint density at radius 1 is 1.21 bits per heavy atom. The Bertz CT molecular complexity index is 608. The minimum Gasteiger partial charge on any atom is -0.378 e. The van der Waals surface area contributed by atoms with Gasteiger partial charge in [0.25, 0.3) is 0 Å². The topological polar surface area (TPSA) is 49.9 Å². The average Bonchev–Trinajstić information content (AvgIpc) is 2.62. The number of carbonyl (C=O) groups is 2. The van der Waals surface area contributed by atoms with E-state index in [0.717, 1.165) is 12.1 Å². The number of carbonyl (C=O) groups excluding carboxylic acids is 2. The summed E-state index contributed by atoms with van der Waals surface area (Å²) in [5.74, 6) is -0.221. The zero-order chi connectivity index (χ0) is 17.1. The van der Waals surface area contributed by atoms with Gasteiger partial charge < -0.3 is 14.5 Å². The van der Waals surface area contributed by atoms with Gasteiger partial charge in [-0.05, 0) is 36.5 Å². The molecule has 130 valence electrons. The van der Waals surface area contributed by atoms with E-state index >= 15 is 0 Å². The Hall–Kier alpha value is -1.88. The number of nitrogens with zero attached hydrogens (tertiary/aromatic N) is 2. The third kappa shape index (κ3) is 3.46. The molecule has 0 saturated carbocycles. The van der Waals surface area contributed by atoms with Crippen LogP contribution in [0.25, 0.3) is 0 Å². The van der Waals surface area contributed by atoms with Gasteiger partial charge in [0.05, 0.1) is 13.2 Å². The number of morpholine rings is 1. The zero-order valence-corrected chi connectivity index (χ0v) is 14.5. The van der Waals surface area contributed by atoms with Gasteiger partial charge >= 0.3 is 0 Å². The summed E-state index contributed by atoms with van der Waals surface area (Å²) >= 11 is 0. The number of hydrogen-bond acceptors (Lipinski definition) is 3. The minimum absolute atomic E-state index is 0.0342. The van der Waals surface area contributed by atoms with E-state index in [-0.39, 0.29) is 11.8 Å². The van der Waals surface area contributed by atoms with Crippen molar-refractivity contribution in [1.29, 1.82) is 0 Å². The van der Waals surface area contributed by atoms with Gasteiger partial charge in [-0.1, -0.05) is 26.0 Å². The molecule has 0 aromatic heterocycles. The molecule has 0 radical (unpaired) electrons. The zero-order valence-electron chi connectivity index (χ0n) is 14.5. The highest BCUT2D eigenvalue weighted by Crippen LogP contribution is 2.28. The second-order valence-electron chi connectivity index (χ2n) is 6.87. The highest BCUT2D eigenvalue weighted by molar-refractivity contribution is 6.08. The molecule has 1 aromatic carbocycles. The summed E-state index contributed by atoms with van der Waals surface area (Å²) in [5, 5.41) is 0. The molecule has 2 heterocycles. The average molecular weight is 330 g/mol. The fourth-order valence-electron chi connectivity index (χ4n) is 3.42. The number of anilines is 1. The van der Waals surface area contributed by atoms with Crippen molar-refractivity contribution in [2.45, 2.75) is 32.6 Å². The van der Waals surface area contributed by atoms with Crippen LogP contribution < -0.4 is 4.90 Å². The van der Waals surface area contributed by atoms with Crippen LogP contribution in [0, 0.1) is 5.92 Å². The first-order chi connectivity index (χ1) is 11.6. The SMILES string of the molecule is CC(C)c1cccc(N2CCCC(C(=O)N3CCOCC3)C2=O)c1. The first kappa shape index (κ1) is 17.0. The van der Waals surface area contributed by atoms with E-state index in [9.17, 15) is 9.59 Å². The van der Waals surface area contributed by atoms with Gasteiger partial charge in [-0.2, -0.15) is 0 Å². The van der Waals surface area contributed by atoms with Crippen LogP contribution in [0.4, 0.5) is 5.69 Å². The predicted octanol–water partition coefficient (Wildman–Crippen LogP) is 2.41. The number of piperidine rings is 1. The molecule has 0 aliphatic carbocycles. The monoisotopic (exact) mass is 330 g/mol. The maximum absolute atomic E-state index is 12.9. The van der Waals surface area contributed by atoms with Crippen molar-refractivity contribution >= 4 is 17.5 Å². The van der Waals surface area contributed by atoms with Gasteiger partial charge in [-0.15, -0.1) is 0 Å². The molecule has 0 spiro atoms. The highest BCUT2D eigenvalue weighted by Gasteiger charge is 2.37. The van der Waals surface area contributed by atoms with Crippen LogP contribution in [0.1, 0.15) is 38.2 Å². The van der Waals surface area contributed by atoms with Crippen molar-refractivity contribution in [3.05, 3.63) is 29.8 Å². The van der Waals surface area contributed by atoms with Crippen LogP contribution in [-0.2, 0) is 14.3 Å². The molecular weight excluding hydrogens is 304 g/mol. The minimum atomic E-state index is -0.542. The molecule has 24 heavy (non-hydrogen) atoms. The second-order valence-corrected chi connectivity index (χ2v) is 6.87. The van der Waals surface area contributed by atoms with E-state index in [1.54, 1.807) is 9.80 Å². The lowest BCUT2D eigenvalue weighted by molar-refractivity contribution is -0.145. The number of hydrogen-bond donors (Lipinski definition) is 0. The summed E-state index contributed by atoms with van der Waals surface area (Å²) < 4.78 is 5.30. The van der Waals surface area contributed by atoms with Crippen molar-refractivity contribution in [3.8, 4) is 0 Å². The summed E-state index contributed by atoms with van der Waals surface area (Å²) in [7, 11) is 0. The number of amides is 2. The van der Waals surface area contributed by atoms with Gasteiger partial charge in [0.15, 0.2) is 0 Å². The molecule has 1 aromatic rings. The normalized spacial score (nSPS) is 22.1. The van der Waals surface area contributed by atoms with Crippen LogP contribution in [0.3, 0.4) is 0 Å². The Labute approximate surface area is 143 Å². The predicted molar refractivity (Wildman–Crippen MR) is 93.0 cm³/mol. The van der Waals surface area contributed by atoms with E-state index in [4.69, 9.17) is 4.74 Å². The van der Waals surface area contributed by atoms with Crippen LogP contribution >= 0.6 is 0 Å². The van der Waals surface area contributed by atoms with Crippen molar-refractivity contribution in [3.63, 3.8) is 0 Å². The lowest BCUT2D eigenvalue weighted by Crippen LogP contribution is -2.51. The molecule has 2 aliphatic heterocycles. The third-order valence-electron chi connectivity index (χ3n) is 4.91. The molecule has 1 unspecified atom stereocenters. The molecule has 2 saturated heterocycles. The van der Waals surface area contributed by atoms with E-state index < -0.39 is 5.92 Å². The Balaban J connectivity index is 1.77. The van der Waals surface area contributed by atoms with Crippen LogP contribution in [-0.4, -0.2) is 49.6 Å². The lowest BCUT2D eigenvalue weighted by atomic mass is 9.94. The molecule has 2 fully saturated rings. The second kappa shape index (κ2) is 7.34. The summed E-state index contributed by atoms with van der Waals surface area (Å²) in [5.41, 5.74) is 2.12. The van der Waals surface area contributed by atoms with E-state index in [1.807, 2.05) is 12.1 Å². The Morgan fingerprint density at radius 2 is 1.96 bits per heavy atom. The smallest absolute Gasteiger partial charge is 0.239 e. The molecular formula is C19H26N2O3. The van der Waals surface area contributed by atoms with Crippen molar-refractivity contribution in [2.75, 3.05) is 37.7 Å². The third-order valence-corrected chi connectivity index (χ3v) is 4.91. The molecule has 2 aliphatic rings. The number of rotatable bonds is 3. The summed E-state index contributed by atoms with van der Waals surface area (Å²) in [6.45, 7) is 7.27. The molecule has 3 rings (SSSR count). The van der Waals surface area contributed by atoms with Gasteiger partial charge in [0.2, 0.25) is 11.8 Å². The largest absolute Gasteiger partial charge is 0.378 e. The maximum atomic E-state index is 12.9. The molecule has 0 bridgehead atoms. The van der Waals surface area contributed by atoms with Gasteiger partial charge in [0, 0.05) is 25.3 Å². The van der Waals surface area contributed by atoms with Crippen LogP contribution in [0.5, 0.6) is 0 Å². The van der Waals surface area contributed by atoms with Crippen LogP contribution in [0.15, 0.2) is 24.3 Å². The fourth-order valence-corrected chi connectivity index (χ4v) is 3.42. The van der Waals surface area contributed by atoms with E-state index in [0.29, 0.717) is 45.2 Å².